The van der Waals surface area contributed by atoms with Crippen molar-refractivity contribution in [2.45, 2.75) is 52.5 Å². The Morgan fingerprint density at radius 1 is 1.35 bits per heavy atom. The summed E-state index contributed by atoms with van der Waals surface area (Å²) in [6, 6.07) is 4.50. The molecule has 2 rings (SSSR count). The van der Waals surface area contributed by atoms with Crippen molar-refractivity contribution in [1.29, 1.82) is 0 Å². The van der Waals surface area contributed by atoms with Crippen molar-refractivity contribution in [3.63, 3.8) is 0 Å². The number of nitrogens with zero attached hydrogens (tertiary/aromatic N) is 2. The van der Waals surface area contributed by atoms with Gasteiger partial charge in [-0.2, -0.15) is 0 Å². The molecule has 112 valence electrons. The molecular weight excluding hydrogens is 246 g/mol. The lowest BCUT2D eigenvalue weighted by atomic mass is 9.90. The van der Waals surface area contributed by atoms with Gasteiger partial charge in [0.2, 0.25) is 0 Å². The number of piperidine rings is 1. The highest BCUT2D eigenvalue weighted by molar-refractivity contribution is 5.44. The fraction of sp³-hybridized carbons (Fsp3) is 0.706. The average molecular weight is 275 g/mol. The van der Waals surface area contributed by atoms with Crippen LogP contribution in [0, 0.1) is 5.92 Å². The van der Waals surface area contributed by atoms with Crippen LogP contribution in [0.1, 0.15) is 51.8 Å². The van der Waals surface area contributed by atoms with Crippen LogP contribution in [-0.4, -0.2) is 25.1 Å². The first kappa shape index (κ1) is 15.3. The van der Waals surface area contributed by atoms with Gasteiger partial charge in [-0.05, 0) is 43.5 Å². The number of aromatic nitrogens is 1. The Hall–Kier alpha value is -1.09. The van der Waals surface area contributed by atoms with Crippen LogP contribution in [0.15, 0.2) is 12.1 Å². The molecule has 1 N–H and O–H groups in total. The molecular formula is C17H29N3. The minimum atomic E-state index is 0.0971. The van der Waals surface area contributed by atoms with E-state index in [-0.39, 0.29) is 5.41 Å². The minimum Gasteiger partial charge on any atom is -0.356 e. The lowest BCUT2D eigenvalue weighted by molar-refractivity contribution is 0.443. The molecule has 0 spiro atoms. The Morgan fingerprint density at radius 3 is 2.70 bits per heavy atom. The molecule has 0 saturated carbocycles. The molecule has 2 heterocycles. The maximum Gasteiger partial charge on any atom is 0.129 e. The third kappa shape index (κ3) is 3.72. The van der Waals surface area contributed by atoms with Crippen molar-refractivity contribution in [3.05, 3.63) is 23.4 Å². The van der Waals surface area contributed by atoms with Gasteiger partial charge in [-0.3, -0.25) is 0 Å². The van der Waals surface area contributed by atoms with E-state index in [1.54, 1.807) is 0 Å². The molecule has 1 aliphatic heterocycles. The maximum atomic E-state index is 4.94. The summed E-state index contributed by atoms with van der Waals surface area (Å²) in [7, 11) is 2.00. The van der Waals surface area contributed by atoms with Crippen LogP contribution in [0.25, 0.3) is 0 Å². The maximum absolute atomic E-state index is 4.94. The standard InChI is InChI=1S/C17H29N3/c1-13-7-6-8-20(12-13)16-10-14(11-18-5)9-15(19-16)17(2,3)4/h9-10,13,18H,6-8,11-12H2,1-5H3. The molecule has 1 aromatic heterocycles. The highest BCUT2D eigenvalue weighted by Crippen LogP contribution is 2.27. The predicted octanol–water partition coefficient (Wildman–Crippen LogP) is 3.33. The summed E-state index contributed by atoms with van der Waals surface area (Å²) in [6.45, 7) is 12.2. The third-order valence-corrected chi connectivity index (χ3v) is 4.00. The number of anilines is 1. The van der Waals surface area contributed by atoms with Crippen LogP contribution >= 0.6 is 0 Å². The molecule has 0 aliphatic carbocycles. The van der Waals surface area contributed by atoms with E-state index in [1.807, 2.05) is 7.05 Å². The molecule has 1 fully saturated rings. The summed E-state index contributed by atoms with van der Waals surface area (Å²) in [5, 5.41) is 3.26. The predicted molar refractivity (Wildman–Crippen MR) is 86.3 cm³/mol. The Kier molecular flexibility index (Phi) is 4.69. The van der Waals surface area contributed by atoms with Crippen molar-refractivity contribution in [2.24, 2.45) is 5.92 Å². The van der Waals surface area contributed by atoms with Crippen LogP contribution in [0.3, 0.4) is 0 Å². The Labute approximate surface area is 123 Å². The van der Waals surface area contributed by atoms with E-state index in [1.165, 1.54) is 24.1 Å². The second-order valence-corrected chi connectivity index (χ2v) is 7.19. The van der Waals surface area contributed by atoms with E-state index in [0.29, 0.717) is 0 Å². The average Bonchev–Trinajstić information content (AvgIpc) is 2.38. The van der Waals surface area contributed by atoms with Gasteiger partial charge in [0, 0.05) is 30.7 Å². The Morgan fingerprint density at radius 2 is 2.10 bits per heavy atom. The first-order chi connectivity index (χ1) is 9.40. The number of hydrogen-bond acceptors (Lipinski definition) is 3. The van der Waals surface area contributed by atoms with Gasteiger partial charge in [0.05, 0.1) is 0 Å². The zero-order valence-corrected chi connectivity index (χ0v) is 13.7. The topological polar surface area (TPSA) is 28.2 Å². The van der Waals surface area contributed by atoms with Crippen molar-refractivity contribution in [3.8, 4) is 0 Å². The van der Waals surface area contributed by atoms with E-state index in [0.717, 1.165) is 31.4 Å². The second-order valence-electron chi connectivity index (χ2n) is 7.19. The van der Waals surface area contributed by atoms with E-state index in [9.17, 15) is 0 Å². The smallest absolute Gasteiger partial charge is 0.129 e. The Balaban J connectivity index is 2.33. The molecule has 0 amide bonds. The molecule has 0 radical (unpaired) electrons. The molecule has 1 unspecified atom stereocenters. The van der Waals surface area contributed by atoms with Crippen LogP contribution in [0.4, 0.5) is 5.82 Å². The third-order valence-electron chi connectivity index (χ3n) is 4.00. The number of rotatable bonds is 3. The fourth-order valence-corrected chi connectivity index (χ4v) is 2.82. The SMILES string of the molecule is CNCc1cc(N2CCCC(C)C2)nc(C(C)(C)C)c1. The molecule has 1 aromatic rings. The van der Waals surface area contributed by atoms with E-state index in [2.05, 4.69) is 50.0 Å². The zero-order chi connectivity index (χ0) is 14.8. The molecule has 1 atom stereocenters. The lowest BCUT2D eigenvalue weighted by Crippen LogP contribution is -2.35. The fourth-order valence-electron chi connectivity index (χ4n) is 2.82. The van der Waals surface area contributed by atoms with Gasteiger partial charge in [-0.1, -0.05) is 27.7 Å². The zero-order valence-electron chi connectivity index (χ0n) is 13.7. The van der Waals surface area contributed by atoms with Gasteiger partial charge in [0.1, 0.15) is 5.82 Å². The highest BCUT2D eigenvalue weighted by atomic mass is 15.2. The summed E-state index contributed by atoms with van der Waals surface area (Å²) in [5.74, 6) is 1.94. The summed E-state index contributed by atoms with van der Waals surface area (Å²) in [5.41, 5.74) is 2.62. The number of nitrogens with one attached hydrogen (secondary N) is 1. The summed E-state index contributed by atoms with van der Waals surface area (Å²) >= 11 is 0. The summed E-state index contributed by atoms with van der Waals surface area (Å²) < 4.78 is 0. The number of hydrogen-bond donors (Lipinski definition) is 1. The molecule has 3 nitrogen and oxygen atoms in total. The van der Waals surface area contributed by atoms with Crippen LogP contribution in [0.5, 0.6) is 0 Å². The van der Waals surface area contributed by atoms with Gasteiger partial charge in [-0.15, -0.1) is 0 Å². The number of pyridine rings is 1. The van der Waals surface area contributed by atoms with Gasteiger partial charge in [0.25, 0.3) is 0 Å². The Bertz CT molecular complexity index is 448. The van der Waals surface area contributed by atoms with Crippen LogP contribution < -0.4 is 10.2 Å². The monoisotopic (exact) mass is 275 g/mol. The molecule has 1 aliphatic rings. The van der Waals surface area contributed by atoms with Crippen molar-refractivity contribution in [2.75, 3.05) is 25.0 Å². The summed E-state index contributed by atoms with van der Waals surface area (Å²) in [4.78, 5) is 7.40. The first-order valence-corrected chi connectivity index (χ1v) is 7.81. The lowest BCUT2D eigenvalue weighted by Gasteiger charge is -2.33. The largest absolute Gasteiger partial charge is 0.356 e. The molecule has 0 aromatic carbocycles. The quantitative estimate of drug-likeness (QED) is 0.917. The van der Waals surface area contributed by atoms with E-state index < -0.39 is 0 Å². The molecule has 0 bridgehead atoms. The van der Waals surface area contributed by atoms with Crippen molar-refractivity contribution in [1.82, 2.24) is 10.3 Å². The summed E-state index contributed by atoms with van der Waals surface area (Å²) in [6.07, 6.45) is 2.63. The van der Waals surface area contributed by atoms with Crippen molar-refractivity contribution < 1.29 is 0 Å². The van der Waals surface area contributed by atoms with Crippen LogP contribution in [0.2, 0.25) is 0 Å². The van der Waals surface area contributed by atoms with Gasteiger partial charge >= 0.3 is 0 Å². The molecule has 20 heavy (non-hydrogen) atoms. The van der Waals surface area contributed by atoms with E-state index in [4.69, 9.17) is 4.98 Å². The minimum absolute atomic E-state index is 0.0971. The van der Waals surface area contributed by atoms with E-state index >= 15 is 0 Å². The normalized spacial score (nSPS) is 20.2. The van der Waals surface area contributed by atoms with Crippen molar-refractivity contribution >= 4 is 5.82 Å². The first-order valence-electron chi connectivity index (χ1n) is 7.81. The highest BCUT2D eigenvalue weighted by Gasteiger charge is 2.21. The second kappa shape index (κ2) is 6.13. The molecule has 1 saturated heterocycles. The van der Waals surface area contributed by atoms with Gasteiger partial charge < -0.3 is 10.2 Å². The van der Waals surface area contributed by atoms with Gasteiger partial charge in [0.15, 0.2) is 0 Å². The van der Waals surface area contributed by atoms with Gasteiger partial charge in [-0.25, -0.2) is 4.98 Å². The van der Waals surface area contributed by atoms with Crippen LogP contribution in [-0.2, 0) is 12.0 Å². The molecule has 3 heteroatoms.